The number of aliphatic imine (C=N–C) groups is 1. The zero-order chi connectivity index (χ0) is 22.9. The van der Waals surface area contributed by atoms with E-state index in [1.807, 2.05) is 32.9 Å². The Morgan fingerprint density at radius 1 is 1.09 bits per heavy atom. The Hall–Kier alpha value is -3.62. The number of ether oxygens (including phenoxy) is 2. The summed E-state index contributed by atoms with van der Waals surface area (Å²) in [5.41, 5.74) is 7.18. The van der Waals surface area contributed by atoms with E-state index in [-0.39, 0.29) is 11.7 Å². The lowest BCUT2D eigenvalue weighted by Gasteiger charge is -2.36. The van der Waals surface area contributed by atoms with Crippen molar-refractivity contribution in [2.75, 3.05) is 31.1 Å². The molecule has 168 valence electrons. The van der Waals surface area contributed by atoms with Crippen molar-refractivity contribution in [2.24, 2.45) is 10.7 Å². The number of pyridine rings is 1. The van der Waals surface area contributed by atoms with E-state index in [0.717, 1.165) is 11.3 Å². The molecule has 2 aliphatic rings. The number of aromatic nitrogens is 1. The highest BCUT2D eigenvalue weighted by atomic mass is 16.6. The number of hydrogen-bond donors (Lipinski definition) is 1. The molecule has 0 aliphatic carbocycles. The first kappa shape index (κ1) is 21.6. The number of fused-ring (bicyclic) bond motifs is 1. The summed E-state index contributed by atoms with van der Waals surface area (Å²) < 4.78 is 11.5. The van der Waals surface area contributed by atoms with Crippen molar-refractivity contribution in [1.29, 1.82) is 0 Å². The van der Waals surface area contributed by atoms with Crippen LogP contribution in [0.2, 0.25) is 0 Å². The Morgan fingerprint density at radius 2 is 1.84 bits per heavy atom. The first-order chi connectivity index (χ1) is 15.2. The van der Waals surface area contributed by atoms with Crippen LogP contribution in [0.5, 0.6) is 11.5 Å². The van der Waals surface area contributed by atoms with Crippen molar-refractivity contribution < 1.29 is 19.1 Å². The Labute approximate surface area is 186 Å². The van der Waals surface area contributed by atoms with Crippen molar-refractivity contribution in [3.05, 3.63) is 41.6 Å². The summed E-state index contributed by atoms with van der Waals surface area (Å²) in [7, 11) is 0. The first-order valence-corrected chi connectivity index (χ1v) is 10.6. The van der Waals surface area contributed by atoms with E-state index < -0.39 is 11.5 Å². The molecule has 2 N–H and O–H groups in total. The molecule has 0 saturated carbocycles. The van der Waals surface area contributed by atoms with Gasteiger partial charge in [0.2, 0.25) is 0 Å². The Kier molecular flexibility index (Phi) is 5.73. The van der Waals surface area contributed by atoms with Gasteiger partial charge in [0, 0.05) is 56.1 Å². The lowest BCUT2D eigenvalue weighted by Crippen LogP contribution is -2.50. The van der Waals surface area contributed by atoms with Gasteiger partial charge in [0.05, 0.1) is 11.8 Å². The highest BCUT2D eigenvalue weighted by molar-refractivity contribution is 5.96. The molecule has 2 aliphatic heterocycles. The number of hydrogen-bond acceptors (Lipinski definition) is 7. The third kappa shape index (κ3) is 4.82. The monoisotopic (exact) mass is 437 g/mol. The summed E-state index contributed by atoms with van der Waals surface area (Å²) in [6, 6.07) is 7.17. The summed E-state index contributed by atoms with van der Waals surface area (Å²) in [5, 5.41) is 0. The van der Waals surface area contributed by atoms with E-state index in [1.54, 1.807) is 29.4 Å². The quantitative estimate of drug-likeness (QED) is 0.786. The maximum Gasteiger partial charge on any atom is 0.410 e. The molecule has 32 heavy (non-hydrogen) atoms. The predicted octanol–water partition coefficient (Wildman–Crippen LogP) is 3.29. The van der Waals surface area contributed by atoms with Gasteiger partial charge in [0.25, 0.3) is 5.91 Å². The van der Waals surface area contributed by atoms with Gasteiger partial charge in [-0.25, -0.2) is 14.8 Å². The molecule has 9 heteroatoms. The number of nitrogens with zero attached hydrogens (tertiary/aromatic N) is 4. The molecule has 1 saturated heterocycles. The van der Waals surface area contributed by atoms with Crippen molar-refractivity contribution in [2.45, 2.75) is 32.8 Å². The fraction of sp³-hybridized carbons (Fsp3) is 0.391. The van der Waals surface area contributed by atoms with Gasteiger partial charge in [-0.3, -0.25) is 4.79 Å². The SMILES string of the molecule is CC(C)(C)OC(=O)N1CCN(c2ccc(C(N)=O)c(Oc3cnc4c(c3)CC=N4)c2)CC1. The largest absolute Gasteiger partial charge is 0.455 e. The minimum Gasteiger partial charge on any atom is -0.455 e. The topological polar surface area (TPSA) is 110 Å². The summed E-state index contributed by atoms with van der Waals surface area (Å²) in [5.74, 6) is 0.997. The second-order valence-corrected chi connectivity index (χ2v) is 8.77. The molecule has 3 heterocycles. The molecule has 9 nitrogen and oxygen atoms in total. The average molecular weight is 438 g/mol. The molecule has 0 atom stereocenters. The van der Waals surface area contributed by atoms with E-state index >= 15 is 0 Å². The number of nitrogens with two attached hydrogens (primary N) is 1. The third-order valence-corrected chi connectivity index (χ3v) is 5.20. The smallest absolute Gasteiger partial charge is 0.410 e. The zero-order valence-corrected chi connectivity index (χ0v) is 18.5. The van der Waals surface area contributed by atoms with Crippen LogP contribution in [0, 0.1) is 0 Å². The van der Waals surface area contributed by atoms with E-state index in [9.17, 15) is 9.59 Å². The molecule has 0 unspecified atom stereocenters. The summed E-state index contributed by atoms with van der Waals surface area (Å²) >= 11 is 0. The van der Waals surface area contributed by atoms with Crippen LogP contribution in [0.15, 0.2) is 35.5 Å². The van der Waals surface area contributed by atoms with Crippen molar-refractivity contribution in [3.8, 4) is 11.5 Å². The van der Waals surface area contributed by atoms with Gasteiger partial charge >= 0.3 is 6.09 Å². The number of carbonyl (C=O) groups is 2. The number of primary amides is 1. The van der Waals surface area contributed by atoms with Gasteiger partial charge in [-0.1, -0.05) is 0 Å². The summed E-state index contributed by atoms with van der Waals surface area (Å²) in [6.45, 7) is 7.90. The minimum absolute atomic E-state index is 0.290. The molecular formula is C23H27N5O4. The van der Waals surface area contributed by atoms with Crippen LogP contribution in [0.1, 0.15) is 36.7 Å². The Balaban J connectivity index is 1.49. The molecule has 1 aromatic carbocycles. The maximum atomic E-state index is 12.3. The number of anilines is 1. The molecule has 1 aromatic heterocycles. The van der Waals surface area contributed by atoms with Gasteiger partial charge in [0.1, 0.15) is 17.1 Å². The van der Waals surface area contributed by atoms with Crippen LogP contribution in [-0.2, 0) is 11.2 Å². The fourth-order valence-electron chi connectivity index (χ4n) is 3.63. The van der Waals surface area contributed by atoms with Gasteiger partial charge in [0.15, 0.2) is 5.82 Å². The number of piperazine rings is 1. The lowest BCUT2D eigenvalue weighted by atomic mass is 10.1. The number of carbonyl (C=O) groups excluding carboxylic acids is 2. The van der Waals surface area contributed by atoms with E-state index in [0.29, 0.717) is 49.9 Å². The van der Waals surface area contributed by atoms with Crippen molar-refractivity contribution >= 4 is 29.7 Å². The van der Waals surface area contributed by atoms with Gasteiger partial charge < -0.3 is 25.0 Å². The number of benzene rings is 1. The van der Waals surface area contributed by atoms with Crippen LogP contribution in [0.25, 0.3) is 0 Å². The number of amides is 2. The molecule has 4 rings (SSSR count). The highest BCUT2D eigenvalue weighted by Crippen LogP contribution is 2.33. The van der Waals surface area contributed by atoms with Gasteiger partial charge in [-0.15, -0.1) is 0 Å². The molecular weight excluding hydrogens is 410 g/mol. The Morgan fingerprint density at radius 3 is 2.53 bits per heavy atom. The van der Waals surface area contributed by atoms with Crippen LogP contribution in [-0.4, -0.2) is 59.9 Å². The number of rotatable bonds is 4. The summed E-state index contributed by atoms with van der Waals surface area (Å²) in [4.78, 5) is 36.6. The maximum absolute atomic E-state index is 12.3. The van der Waals surface area contributed by atoms with Gasteiger partial charge in [-0.2, -0.15) is 0 Å². The fourth-order valence-corrected chi connectivity index (χ4v) is 3.63. The molecule has 1 fully saturated rings. The summed E-state index contributed by atoms with van der Waals surface area (Å²) in [6.07, 6.45) is 3.77. The van der Waals surface area contributed by atoms with Crippen molar-refractivity contribution in [1.82, 2.24) is 9.88 Å². The third-order valence-electron chi connectivity index (χ3n) is 5.20. The zero-order valence-electron chi connectivity index (χ0n) is 18.5. The molecule has 2 aromatic rings. The second kappa shape index (κ2) is 8.49. The molecule has 0 radical (unpaired) electrons. The van der Waals surface area contributed by atoms with Crippen molar-refractivity contribution in [3.63, 3.8) is 0 Å². The van der Waals surface area contributed by atoms with Crippen LogP contribution in [0.4, 0.5) is 16.3 Å². The van der Waals surface area contributed by atoms with Crippen LogP contribution >= 0.6 is 0 Å². The Bertz CT molecular complexity index is 1070. The highest BCUT2D eigenvalue weighted by Gasteiger charge is 2.26. The standard InChI is InChI=1S/C23H27N5O4/c1-23(2,3)32-22(30)28-10-8-27(9-11-28)16-4-5-18(20(24)29)19(13-16)31-17-12-15-6-7-25-21(15)26-14-17/h4-5,7,12-14H,6,8-11H2,1-3H3,(H2,24,29). The molecule has 0 spiro atoms. The lowest BCUT2D eigenvalue weighted by molar-refractivity contribution is 0.0240. The van der Waals surface area contributed by atoms with Crippen LogP contribution < -0.4 is 15.4 Å². The normalized spacial score (nSPS) is 15.5. The molecule has 0 bridgehead atoms. The predicted molar refractivity (Wildman–Crippen MR) is 121 cm³/mol. The minimum atomic E-state index is -0.571. The van der Waals surface area contributed by atoms with E-state index in [1.165, 1.54) is 0 Å². The average Bonchev–Trinajstić information content (AvgIpc) is 3.20. The van der Waals surface area contributed by atoms with E-state index in [4.69, 9.17) is 15.2 Å². The second-order valence-electron chi connectivity index (χ2n) is 8.77. The van der Waals surface area contributed by atoms with Gasteiger partial charge in [-0.05, 0) is 39.0 Å². The first-order valence-electron chi connectivity index (χ1n) is 10.6. The molecule has 2 amide bonds. The van der Waals surface area contributed by atoms with Crippen LogP contribution in [0.3, 0.4) is 0 Å². The van der Waals surface area contributed by atoms with E-state index in [2.05, 4.69) is 14.9 Å².